The molecule has 0 amide bonds. The van der Waals surface area contributed by atoms with Crippen LogP contribution in [0.2, 0.25) is 0 Å². The summed E-state index contributed by atoms with van der Waals surface area (Å²) in [6, 6.07) is 0. The number of likely N-dealkylation sites (tertiary alicyclic amines) is 1. The van der Waals surface area contributed by atoms with Crippen molar-refractivity contribution in [2.75, 3.05) is 33.2 Å². The molecule has 0 spiro atoms. The van der Waals surface area contributed by atoms with E-state index in [9.17, 15) is 4.39 Å². The summed E-state index contributed by atoms with van der Waals surface area (Å²) in [5.41, 5.74) is -0.903. The monoisotopic (exact) mass is 188 g/mol. The Balaban J connectivity index is 2.11. The molecular weight excluding hydrogens is 167 g/mol. The molecule has 0 bridgehead atoms. The maximum atomic E-state index is 13.4. The first-order chi connectivity index (χ1) is 6.14. The third kappa shape index (κ3) is 4.05. The van der Waals surface area contributed by atoms with Crippen LogP contribution in [0.1, 0.15) is 26.2 Å². The molecule has 0 saturated carbocycles. The van der Waals surface area contributed by atoms with E-state index in [0.29, 0.717) is 12.8 Å². The number of alkyl halides is 1. The van der Waals surface area contributed by atoms with Crippen LogP contribution in [0.5, 0.6) is 0 Å². The van der Waals surface area contributed by atoms with Gasteiger partial charge in [0.05, 0.1) is 0 Å². The second kappa shape index (κ2) is 4.91. The van der Waals surface area contributed by atoms with Crippen molar-refractivity contribution in [3.8, 4) is 0 Å². The highest BCUT2D eigenvalue weighted by Gasteiger charge is 2.28. The van der Waals surface area contributed by atoms with Crippen LogP contribution in [-0.4, -0.2) is 43.8 Å². The van der Waals surface area contributed by atoms with Gasteiger partial charge in [0, 0.05) is 13.1 Å². The molecule has 1 N–H and O–H groups in total. The summed E-state index contributed by atoms with van der Waals surface area (Å²) in [5, 5.41) is 3.12. The fourth-order valence-electron chi connectivity index (χ4n) is 1.72. The highest BCUT2D eigenvalue weighted by molar-refractivity contribution is 4.81. The summed E-state index contributed by atoms with van der Waals surface area (Å²) >= 11 is 0. The molecule has 0 aromatic heterocycles. The van der Waals surface area contributed by atoms with Gasteiger partial charge >= 0.3 is 0 Å². The van der Waals surface area contributed by atoms with Gasteiger partial charge in [0.1, 0.15) is 5.67 Å². The van der Waals surface area contributed by atoms with Crippen molar-refractivity contribution in [1.82, 2.24) is 10.2 Å². The molecule has 0 radical (unpaired) electrons. The lowest BCUT2D eigenvalue weighted by Gasteiger charge is -2.34. The highest BCUT2D eigenvalue weighted by Crippen LogP contribution is 2.25. The number of piperidine rings is 1. The molecule has 1 fully saturated rings. The minimum atomic E-state index is -0.903. The van der Waals surface area contributed by atoms with Gasteiger partial charge in [-0.15, -0.1) is 0 Å². The molecule has 1 aliphatic heterocycles. The predicted octanol–water partition coefficient (Wildman–Crippen LogP) is 1.42. The molecule has 0 aliphatic carbocycles. The summed E-state index contributed by atoms with van der Waals surface area (Å²) in [6.45, 7) is 5.74. The third-order valence-electron chi connectivity index (χ3n) is 2.80. The molecule has 13 heavy (non-hydrogen) atoms. The first kappa shape index (κ1) is 10.9. The first-order valence-electron chi connectivity index (χ1n) is 5.20. The molecule has 3 heteroatoms. The third-order valence-corrected chi connectivity index (χ3v) is 2.80. The average molecular weight is 188 g/mol. The molecule has 0 atom stereocenters. The van der Waals surface area contributed by atoms with Gasteiger partial charge < -0.3 is 10.2 Å². The van der Waals surface area contributed by atoms with E-state index in [4.69, 9.17) is 0 Å². The Kier molecular flexibility index (Phi) is 4.13. The van der Waals surface area contributed by atoms with Crippen LogP contribution >= 0.6 is 0 Å². The number of nitrogens with one attached hydrogen (secondary N) is 1. The van der Waals surface area contributed by atoms with Crippen molar-refractivity contribution in [3.63, 3.8) is 0 Å². The zero-order valence-corrected chi connectivity index (χ0v) is 8.77. The van der Waals surface area contributed by atoms with E-state index in [1.807, 2.05) is 7.05 Å². The number of nitrogens with zero attached hydrogens (tertiary/aromatic N) is 1. The van der Waals surface area contributed by atoms with Crippen LogP contribution < -0.4 is 5.32 Å². The summed E-state index contributed by atoms with van der Waals surface area (Å²) in [6.07, 6.45) is 2.57. The second-order valence-corrected chi connectivity index (χ2v) is 4.21. The lowest BCUT2D eigenvalue weighted by molar-refractivity contribution is 0.0737. The quantitative estimate of drug-likeness (QED) is 0.671. The van der Waals surface area contributed by atoms with Crippen molar-refractivity contribution >= 4 is 0 Å². The Bertz CT molecular complexity index is 138. The fourth-order valence-corrected chi connectivity index (χ4v) is 1.72. The number of hydrogen-bond acceptors (Lipinski definition) is 2. The lowest BCUT2D eigenvalue weighted by Crippen LogP contribution is -2.40. The van der Waals surface area contributed by atoms with Crippen LogP contribution in [-0.2, 0) is 0 Å². The first-order valence-corrected chi connectivity index (χ1v) is 5.20. The highest BCUT2D eigenvalue weighted by atomic mass is 19.1. The second-order valence-electron chi connectivity index (χ2n) is 4.21. The van der Waals surface area contributed by atoms with Gasteiger partial charge in [0.25, 0.3) is 0 Å². The summed E-state index contributed by atoms with van der Waals surface area (Å²) in [7, 11) is 1.97. The molecule has 0 aromatic rings. The van der Waals surface area contributed by atoms with Crippen LogP contribution in [0.3, 0.4) is 0 Å². The van der Waals surface area contributed by atoms with Crippen LogP contribution in [0.4, 0.5) is 4.39 Å². The van der Waals surface area contributed by atoms with E-state index in [2.05, 4.69) is 10.2 Å². The SMILES string of the molecule is CNCCCN1CCC(C)(F)CC1. The van der Waals surface area contributed by atoms with E-state index in [-0.39, 0.29) is 0 Å². The van der Waals surface area contributed by atoms with Crippen LogP contribution in [0.25, 0.3) is 0 Å². The standard InChI is InChI=1S/C10H21FN2/c1-10(11)4-8-13(9-5-10)7-3-6-12-2/h12H,3-9H2,1-2H3. The van der Waals surface area contributed by atoms with Gasteiger partial charge in [-0.2, -0.15) is 0 Å². The minimum Gasteiger partial charge on any atom is -0.320 e. The van der Waals surface area contributed by atoms with Crippen molar-refractivity contribution in [2.24, 2.45) is 0 Å². The Hall–Kier alpha value is -0.150. The molecular formula is C10H21FN2. The maximum Gasteiger partial charge on any atom is 0.110 e. The van der Waals surface area contributed by atoms with Crippen LogP contribution in [0, 0.1) is 0 Å². The van der Waals surface area contributed by atoms with E-state index in [1.165, 1.54) is 6.42 Å². The van der Waals surface area contributed by atoms with E-state index in [0.717, 1.165) is 26.2 Å². The number of halogens is 1. The number of hydrogen-bond donors (Lipinski definition) is 1. The molecule has 78 valence electrons. The van der Waals surface area contributed by atoms with Crippen LogP contribution in [0.15, 0.2) is 0 Å². The molecule has 1 aliphatic rings. The van der Waals surface area contributed by atoms with Crippen molar-refractivity contribution in [1.29, 1.82) is 0 Å². The largest absolute Gasteiger partial charge is 0.320 e. The Morgan fingerprint density at radius 3 is 2.54 bits per heavy atom. The molecule has 0 aromatic carbocycles. The van der Waals surface area contributed by atoms with Gasteiger partial charge in [0.15, 0.2) is 0 Å². The zero-order valence-electron chi connectivity index (χ0n) is 8.77. The Morgan fingerprint density at radius 2 is 2.00 bits per heavy atom. The van der Waals surface area contributed by atoms with Gasteiger partial charge in [0.2, 0.25) is 0 Å². The average Bonchev–Trinajstić information content (AvgIpc) is 2.08. The van der Waals surface area contributed by atoms with Gasteiger partial charge in [-0.1, -0.05) is 0 Å². The molecule has 1 rings (SSSR count). The zero-order chi connectivity index (χ0) is 9.73. The van der Waals surface area contributed by atoms with E-state index >= 15 is 0 Å². The summed E-state index contributed by atoms with van der Waals surface area (Å²) in [5.74, 6) is 0. The normalized spacial score (nSPS) is 23.3. The summed E-state index contributed by atoms with van der Waals surface area (Å²) in [4.78, 5) is 2.36. The fraction of sp³-hybridized carbons (Fsp3) is 1.00. The topological polar surface area (TPSA) is 15.3 Å². The minimum absolute atomic E-state index is 0.701. The van der Waals surface area contributed by atoms with Gasteiger partial charge in [-0.25, -0.2) is 4.39 Å². The predicted molar refractivity (Wildman–Crippen MR) is 53.7 cm³/mol. The van der Waals surface area contributed by atoms with Crippen molar-refractivity contribution < 1.29 is 4.39 Å². The van der Waals surface area contributed by atoms with E-state index in [1.54, 1.807) is 6.92 Å². The molecule has 1 heterocycles. The lowest BCUT2D eigenvalue weighted by atomic mass is 9.96. The maximum absolute atomic E-state index is 13.4. The van der Waals surface area contributed by atoms with Crippen molar-refractivity contribution in [3.05, 3.63) is 0 Å². The van der Waals surface area contributed by atoms with E-state index < -0.39 is 5.67 Å². The van der Waals surface area contributed by atoms with Gasteiger partial charge in [-0.05, 0) is 46.3 Å². The Labute approximate surface area is 80.5 Å². The number of rotatable bonds is 4. The van der Waals surface area contributed by atoms with Gasteiger partial charge in [-0.3, -0.25) is 0 Å². The smallest absolute Gasteiger partial charge is 0.110 e. The summed E-state index contributed by atoms with van der Waals surface area (Å²) < 4.78 is 13.4. The molecule has 2 nitrogen and oxygen atoms in total. The molecule has 1 saturated heterocycles. The van der Waals surface area contributed by atoms with Crippen molar-refractivity contribution in [2.45, 2.75) is 31.9 Å². The molecule has 0 unspecified atom stereocenters. The Morgan fingerprint density at radius 1 is 1.38 bits per heavy atom.